The zero-order chi connectivity index (χ0) is 14.1. The summed E-state index contributed by atoms with van der Waals surface area (Å²) < 4.78 is 5.26. The summed E-state index contributed by atoms with van der Waals surface area (Å²) in [6.07, 6.45) is 3.55. The Kier molecular flexibility index (Phi) is 3.49. The predicted octanol–water partition coefficient (Wildman–Crippen LogP) is 2.45. The monoisotopic (exact) mass is 272 g/mol. The summed E-state index contributed by atoms with van der Waals surface area (Å²) in [7, 11) is 3.74. The summed E-state index contributed by atoms with van der Waals surface area (Å²) in [6.45, 7) is 0.940. The molecule has 1 aromatic carbocycles. The molecule has 0 amide bonds. The first-order valence-electron chi connectivity index (χ1n) is 6.99. The maximum Gasteiger partial charge on any atom is 0.136 e. The lowest BCUT2D eigenvalue weighted by atomic mass is 9.82. The van der Waals surface area contributed by atoms with Crippen LogP contribution >= 0.6 is 0 Å². The Morgan fingerprint density at radius 1 is 1.35 bits per heavy atom. The molecule has 4 nitrogen and oxygen atoms in total. The van der Waals surface area contributed by atoms with Gasteiger partial charge in [0.15, 0.2) is 0 Å². The number of ether oxygens (including phenoxy) is 1. The van der Waals surface area contributed by atoms with Crippen LogP contribution in [0.5, 0.6) is 5.75 Å². The van der Waals surface area contributed by atoms with Crippen LogP contribution in [0.1, 0.15) is 12.8 Å². The van der Waals surface area contributed by atoms with Gasteiger partial charge < -0.3 is 14.7 Å². The largest absolute Gasteiger partial charge is 0.497 e. The molecular formula is C16H20N2O2. The van der Waals surface area contributed by atoms with Gasteiger partial charge in [-0.05, 0) is 48.4 Å². The fraction of sp³-hybridized carbons (Fsp3) is 0.438. The third-order valence-corrected chi connectivity index (χ3v) is 4.06. The van der Waals surface area contributed by atoms with Gasteiger partial charge >= 0.3 is 0 Å². The Balaban J connectivity index is 1.86. The van der Waals surface area contributed by atoms with Gasteiger partial charge in [0.25, 0.3) is 0 Å². The Labute approximate surface area is 119 Å². The van der Waals surface area contributed by atoms with Gasteiger partial charge in [-0.25, -0.2) is 4.98 Å². The first-order chi connectivity index (χ1) is 9.67. The summed E-state index contributed by atoms with van der Waals surface area (Å²) in [4.78, 5) is 6.70. The van der Waals surface area contributed by atoms with E-state index >= 15 is 0 Å². The van der Waals surface area contributed by atoms with Gasteiger partial charge in [-0.3, -0.25) is 0 Å². The molecule has 1 aliphatic carbocycles. The van der Waals surface area contributed by atoms with Crippen molar-refractivity contribution in [3.05, 3.63) is 30.5 Å². The summed E-state index contributed by atoms with van der Waals surface area (Å²) in [5.41, 5.74) is 0. The quantitative estimate of drug-likeness (QED) is 0.928. The van der Waals surface area contributed by atoms with Crippen molar-refractivity contribution >= 4 is 16.6 Å². The minimum atomic E-state index is -0.0989. The van der Waals surface area contributed by atoms with Crippen molar-refractivity contribution in [3.8, 4) is 5.75 Å². The molecule has 1 fully saturated rings. The lowest BCUT2D eigenvalue weighted by Gasteiger charge is -2.35. The third-order valence-electron chi connectivity index (χ3n) is 4.06. The predicted molar refractivity (Wildman–Crippen MR) is 80.3 cm³/mol. The lowest BCUT2D eigenvalue weighted by molar-refractivity contribution is 0.0464. The van der Waals surface area contributed by atoms with Crippen molar-refractivity contribution in [2.24, 2.45) is 5.92 Å². The average molecular weight is 272 g/mol. The van der Waals surface area contributed by atoms with E-state index in [1.807, 2.05) is 24.4 Å². The molecule has 0 spiro atoms. The van der Waals surface area contributed by atoms with Crippen LogP contribution in [0.4, 0.5) is 5.82 Å². The first kappa shape index (κ1) is 13.2. The van der Waals surface area contributed by atoms with E-state index in [2.05, 4.69) is 23.0 Å². The van der Waals surface area contributed by atoms with Crippen LogP contribution in [0.25, 0.3) is 10.8 Å². The molecule has 1 heterocycles. The van der Waals surface area contributed by atoms with Gasteiger partial charge in [-0.15, -0.1) is 0 Å². The van der Waals surface area contributed by atoms with Gasteiger partial charge in [0, 0.05) is 25.2 Å². The SMILES string of the molecule is COc1ccc2c(N(C)CC3CC(O)C3)nccc2c1. The van der Waals surface area contributed by atoms with Gasteiger partial charge in [-0.2, -0.15) is 0 Å². The smallest absolute Gasteiger partial charge is 0.136 e. The van der Waals surface area contributed by atoms with Crippen LogP contribution in [-0.4, -0.2) is 36.9 Å². The second kappa shape index (κ2) is 5.29. The average Bonchev–Trinajstić information content (AvgIpc) is 2.44. The highest BCUT2D eigenvalue weighted by molar-refractivity contribution is 5.92. The summed E-state index contributed by atoms with van der Waals surface area (Å²) in [5.74, 6) is 2.43. The topological polar surface area (TPSA) is 45.6 Å². The number of rotatable bonds is 4. The van der Waals surface area contributed by atoms with E-state index in [1.165, 1.54) is 0 Å². The highest BCUT2D eigenvalue weighted by atomic mass is 16.5. The van der Waals surface area contributed by atoms with Crippen LogP contribution in [-0.2, 0) is 0 Å². The van der Waals surface area contributed by atoms with Crippen LogP contribution < -0.4 is 9.64 Å². The van der Waals surface area contributed by atoms with Gasteiger partial charge in [0.05, 0.1) is 13.2 Å². The minimum absolute atomic E-state index is 0.0989. The Bertz CT molecular complexity index is 608. The van der Waals surface area contributed by atoms with Crippen LogP contribution in [0.2, 0.25) is 0 Å². The summed E-state index contributed by atoms with van der Waals surface area (Å²) >= 11 is 0. The zero-order valence-corrected chi connectivity index (χ0v) is 11.9. The number of aliphatic hydroxyl groups is 1. The molecule has 4 heteroatoms. The molecule has 0 bridgehead atoms. The molecule has 3 rings (SSSR count). The first-order valence-corrected chi connectivity index (χ1v) is 6.99. The molecule has 0 radical (unpaired) electrons. The number of methoxy groups -OCH3 is 1. The number of hydrogen-bond acceptors (Lipinski definition) is 4. The van der Waals surface area contributed by atoms with Gasteiger partial charge in [-0.1, -0.05) is 0 Å². The summed E-state index contributed by atoms with van der Waals surface area (Å²) in [5, 5.41) is 11.7. The van der Waals surface area contributed by atoms with Crippen LogP contribution in [0.3, 0.4) is 0 Å². The highest BCUT2D eigenvalue weighted by Crippen LogP contribution is 2.31. The van der Waals surface area contributed by atoms with Gasteiger partial charge in [0.1, 0.15) is 11.6 Å². The van der Waals surface area contributed by atoms with E-state index in [9.17, 15) is 5.11 Å². The van der Waals surface area contributed by atoms with Crippen molar-refractivity contribution in [1.29, 1.82) is 0 Å². The maximum atomic E-state index is 9.38. The number of aromatic nitrogens is 1. The van der Waals surface area contributed by atoms with E-state index < -0.39 is 0 Å². The molecular weight excluding hydrogens is 252 g/mol. The van der Waals surface area contributed by atoms with Crippen molar-refractivity contribution in [2.45, 2.75) is 18.9 Å². The molecule has 0 saturated heterocycles. The number of fused-ring (bicyclic) bond motifs is 1. The fourth-order valence-electron chi connectivity index (χ4n) is 2.89. The van der Waals surface area contributed by atoms with Gasteiger partial charge in [0.2, 0.25) is 0 Å². The van der Waals surface area contributed by atoms with Crippen molar-refractivity contribution in [1.82, 2.24) is 4.98 Å². The number of nitrogens with zero attached hydrogens (tertiary/aromatic N) is 2. The standard InChI is InChI=1S/C16H20N2O2/c1-18(10-11-7-13(19)8-11)16-15-4-3-14(20-2)9-12(15)5-6-17-16/h3-6,9,11,13,19H,7-8,10H2,1-2H3. The highest BCUT2D eigenvalue weighted by Gasteiger charge is 2.28. The molecule has 0 aliphatic heterocycles. The molecule has 0 unspecified atom stereocenters. The number of pyridine rings is 1. The molecule has 1 aromatic heterocycles. The van der Waals surface area contributed by atoms with Crippen molar-refractivity contribution in [2.75, 3.05) is 25.6 Å². The molecule has 2 aromatic rings. The van der Waals surface area contributed by atoms with E-state index in [0.29, 0.717) is 5.92 Å². The summed E-state index contributed by atoms with van der Waals surface area (Å²) in [6, 6.07) is 8.06. The Morgan fingerprint density at radius 3 is 2.85 bits per heavy atom. The van der Waals surface area contributed by atoms with Crippen LogP contribution in [0.15, 0.2) is 30.5 Å². The number of aliphatic hydroxyl groups excluding tert-OH is 1. The molecule has 106 valence electrons. The molecule has 0 atom stereocenters. The van der Waals surface area contributed by atoms with Crippen LogP contribution in [0, 0.1) is 5.92 Å². The van der Waals surface area contributed by atoms with E-state index in [-0.39, 0.29) is 6.10 Å². The Hall–Kier alpha value is -1.81. The second-order valence-electron chi connectivity index (χ2n) is 5.59. The number of hydrogen-bond donors (Lipinski definition) is 1. The molecule has 1 aliphatic rings. The lowest BCUT2D eigenvalue weighted by Crippen LogP contribution is -2.37. The third kappa shape index (κ3) is 2.43. The van der Waals surface area contributed by atoms with E-state index in [4.69, 9.17) is 4.74 Å². The number of benzene rings is 1. The second-order valence-corrected chi connectivity index (χ2v) is 5.59. The molecule has 1 N–H and O–H groups in total. The Morgan fingerprint density at radius 2 is 2.15 bits per heavy atom. The van der Waals surface area contributed by atoms with E-state index in [0.717, 1.165) is 41.7 Å². The number of anilines is 1. The van der Waals surface area contributed by atoms with Crippen molar-refractivity contribution < 1.29 is 9.84 Å². The fourth-order valence-corrected chi connectivity index (χ4v) is 2.89. The minimum Gasteiger partial charge on any atom is -0.497 e. The van der Waals surface area contributed by atoms with E-state index in [1.54, 1.807) is 7.11 Å². The maximum absolute atomic E-state index is 9.38. The molecule has 1 saturated carbocycles. The molecule has 20 heavy (non-hydrogen) atoms. The van der Waals surface area contributed by atoms with Crippen molar-refractivity contribution in [3.63, 3.8) is 0 Å². The normalized spacial score (nSPS) is 21.6. The zero-order valence-electron chi connectivity index (χ0n) is 11.9.